The third kappa shape index (κ3) is 6.04. The van der Waals surface area contributed by atoms with Gasteiger partial charge in [-0.15, -0.1) is 45.3 Å². The molecule has 0 N–H and O–H groups in total. The topological polar surface area (TPSA) is 0 Å². The summed E-state index contributed by atoms with van der Waals surface area (Å²) in [5.41, 5.74) is 6.08. The van der Waals surface area contributed by atoms with Crippen molar-refractivity contribution in [2.45, 2.75) is 130 Å². The molecule has 0 unspecified atom stereocenters. The van der Waals surface area contributed by atoms with Crippen LogP contribution >= 0.6 is 45.3 Å². The highest BCUT2D eigenvalue weighted by Gasteiger charge is 2.21. The number of rotatable bonds is 16. The molecule has 206 valence electrons. The Hall–Kier alpha value is -0.940. The van der Waals surface area contributed by atoms with Crippen LogP contribution in [-0.2, 0) is 6.42 Å². The van der Waals surface area contributed by atoms with Gasteiger partial charge in [-0.25, -0.2) is 0 Å². The van der Waals surface area contributed by atoms with Crippen LogP contribution in [0.3, 0.4) is 0 Å². The Morgan fingerprint density at radius 2 is 0.921 bits per heavy atom. The molecule has 5 aromatic rings. The number of aryl methyl sites for hydroxylation is 4. The van der Waals surface area contributed by atoms with Gasteiger partial charge in [0, 0.05) is 29.6 Å². The molecule has 0 nitrogen and oxygen atoms in total. The van der Waals surface area contributed by atoms with Crippen LogP contribution in [0.5, 0.6) is 0 Å². The standard InChI is InChI=1S/C34H46S4/c1-5-6-7-8-9-10-11-12-13-14-15-16-17-18-19-20-26-22-36-34-28-25(4)30-27(24(3)31(28)38-32(26)34)33-29(37-30)23(2)21-35-33/h21-22H,5-20H2,1-4H3. The highest BCUT2D eigenvalue weighted by atomic mass is 32.1. The number of fused-ring (bicyclic) bond motifs is 6. The molecule has 5 rings (SSSR count). The van der Waals surface area contributed by atoms with Gasteiger partial charge < -0.3 is 0 Å². The van der Waals surface area contributed by atoms with E-state index in [0.29, 0.717) is 0 Å². The molecule has 0 amide bonds. The Kier molecular flexibility index (Phi) is 10.2. The fraction of sp³-hybridized carbons (Fsp3) is 0.588. The number of hydrogen-bond acceptors (Lipinski definition) is 4. The van der Waals surface area contributed by atoms with Crippen molar-refractivity contribution >= 4 is 84.3 Å². The summed E-state index contributed by atoms with van der Waals surface area (Å²) < 4.78 is 9.22. The van der Waals surface area contributed by atoms with Gasteiger partial charge in [-0.1, -0.05) is 96.8 Å². The van der Waals surface area contributed by atoms with Crippen LogP contribution in [0.15, 0.2) is 10.8 Å². The molecule has 0 aliphatic heterocycles. The number of benzene rings is 1. The summed E-state index contributed by atoms with van der Waals surface area (Å²) in [6.45, 7) is 9.32. The van der Waals surface area contributed by atoms with Gasteiger partial charge in [-0.2, -0.15) is 0 Å². The van der Waals surface area contributed by atoms with E-state index in [4.69, 9.17) is 0 Å². The average Bonchev–Trinajstić information content (AvgIpc) is 3.67. The van der Waals surface area contributed by atoms with Gasteiger partial charge in [-0.3, -0.25) is 0 Å². The van der Waals surface area contributed by atoms with Crippen molar-refractivity contribution in [3.05, 3.63) is 33.0 Å². The molecule has 0 bridgehead atoms. The highest BCUT2D eigenvalue weighted by Crippen LogP contribution is 2.50. The zero-order valence-corrected chi connectivity index (χ0v) is 27.4. The summed E-state index contributed by atoms with van der Waals surface area (Å²) in [5.74, 6) is 0. The summed E-state index contributed by atoms with van der Waals surface area (Å²) in [7, 11) is 0. The van der Waals surface area contributed by atoms with E-state index in [2.05, 4.69) is 49.8 Å². The van der Waals surface area contributed by atoms with Gasteiger partial charge in [0.1, 0.15) is 0 Å². The van der Waals surface area contributed by atoms with Gasteiger partial charge in [0.25, 0.3) is 0 Å². The number of hydrogen-bond donors (Lipinski definition) is 0. The molecular weight excluding hydrogens is 537 g/mol. The van der Waals surface area contributed by atoms with E-state index in [-0.39, 0.29) is 0 Å². The molecule has 0 aliphatic carbocycles. The fourth-order valence-corrected chi connectivity index (χ4v) is 11.7. The van der Waals surface area contributed by atoms with Crippen molar-refractivity contribution in [3.8, 4) is 0 Å². The highest BCUT2D eigenvalue weighted by molar-refractivity contribution is 7.34. The minimum atomic E-state index is 1.26. The van der Waals surface area contributed by atoms with Crippen LogP contribution in [0.2, 0.25) is 0 Å². The molecular formula is C34H46S4. The summed E-state index contributed by atoms with van der Waals surface area (Å²) in [4.78, 5) is 0. The molecule has 4 aromatic heterocycles. The molecule has 0 saturated heterocycles. The maximum absolute atomic E-state index is 2.47. The van der Waals surface area contributed by atoms with E-state index in [1.807, 2.05) is 34.0 Å². The van der Waals surface area contributed by atoms with Crippen LogP contribution in [0.4, 0.5) is 0 Å². The Labute approximate surface area is 246 Å². The van der Waals surface area contributed by atoms with E-state index in [1.54, 1.807) is 25.0 Å². The molecule has 4 heterocycles. The van der Waals surface area contributed by atoms with Crippen molar-refractivity contribution < 1.29 is 0 Å². The lowest BCUT2D eigenvalue weighted by Crippen LogP contribution is -1.85. The third-order valence-corrected chi connectivity index (χ3v) is 13.8. The molecule has 1 aromatic carbocycles. The van der Waals surface area contributed by atoms with E-state index < -0.39 is 0 Å². The van der Waals surface area contributed by atoms with E-state index >= 15 is 0 Å². The molecule has 0 aliphatic rings. The predicted molar refractivity (Wildman–Crippen MR) is 181 cm³/mol. The van der Waals surface area contributed by atoms with E-state index in [0.717, 1.165) is 0 Å². The Balaban J connectivity index is 1.09. The zero-order chi connectivity index (χ0) is 26.5. The predicted octanol–water partition coefficient (Wildman–Crippen LogP) is 13.9. The van der Waals surface area contributed by atoms with Gasteiger partial charge >= 0.3 is 0 Å². The SMILES string of the molecule is CCCCCCCCCCCCCCCCCc1csc2c1sc1c(C)c3c(sc4c(C)csc43)c(C)c12. The second kappa shape index (κ2) is 13.6. The van der Waals surface area contributed by atoms with Crippen LogP contribution in [-0.4, -0.2) is 0 Å². The molecule has 0 radical (unpaired) electrons. The number of thiophene rings is 4. The van der Waals surface area contributed by atoms with E-state index in [1.165, 1.54) is 139 Å². The molecule has 0 fully saturated rings. The Bertz CT molecular complexity index is 1470. The first-order chi connectivity index (χ1) is 18.6. The first kappa shape index (κ1) is 28.6. The molecule has 0 atom stereocenters. The van der Waals surface area contributed by atoms with Crippen LogP contribution in [0, 0.1) is 20.8 Å². The van der Waals surface area contributed by atoms with Gasteiger partial charge in [0.15, 0.2) is 0 Å². The summed E-state index contributed by atoms with van der Waals surface area (Å²) in [6.07, 6.45) is 22.8. The van der Waals surface area contributed by atoms with Crippen molar-refractivity contribution in [3.63, 3.8) is 0 Å². The number of unbranched alkanes of at least 4 members (excludes halogenated alkanes) is 14. The summed E-state index contributed by atoms with van der Waals surface area (Å²) >= 11 is 8.04. The molecule has 0 saturated carbocycles. The van der Waals surface area contributed by atoms with Crippen LogP contribution < -0.4 is 0 Å². The Morgan fingerprint density at radius 1 is 0.474 bits per heavy atom. The van der Waals surface area contributed by atoms with Gasteiger partial charge in [0.2, 0.25) is 0 Å². The van der Waals surface area contributed by atoms with Crippen LogP contribution in [0.1, 0.15) is 125 Å². The fourth-order valence-electron chi connectivity index (χ4n) is 6.21. The lowest BCUT2D eigenvalue weighted by atomic mass is 10.0. The molecule has 38 heavy (non-hydrogen) atoms. The minimum Gasteiger partial charge on any atom is -0.142 e. The monoisotopic (exact) mass is 582 g/mol. The smallest absolute Gasteiger partial charge is 0.0535 e. The molecule has 4 heteroatoms. The van der Waals surface area contributed by atoms with Crippen molar-refractivity contribution in [2.75, 3.05) is 0 Å². The maximum atomic E-state index is 2.47. The Morgan fingerprint density at radius 3 is 1.47 bits per heavy atom. The van der Waals surface area contributed by atoms with E-state index in [9.17, 15) is 0 Å². The first-order valence-electron chi connectivity index (χ1n) is 15.3. The maximum Gasteiger partial charge on any atom is 0.0535 e. The second-order valence-electron chi connectivity index (χ2n) is 11.6. The van der Waals surface area contributed by atoms with Crippen LogP contribution in [0.25, 0.3) is 39.0 Å². The van der Waals surface area contributed by atoms with Gasteiger partial charge in [-0.05, 0) is 66.6 Å². The molecule has 0 spiro atoms. The van der Waals surface area contributed by atoms with Crippen molar-refractivity contribution in [1.29, 1.82) is 0 Å². The second-order valence-corrected chi connectivity index (χ2v) is 15.4. The van der Waals surface area contributed by atoms with Crippen molar-refractivity contribution in [2.24, 2.45) is 0 Å². The lowest BCUT2D eigenvalue weighted by molar-refractivity contribution is 0.532. The summed E-state index contributed by atoms with van der Waals surface area (Å²) in [6, 6.07) is 0. The largest absolute Gasteiger partial charge is 0.142 e. The normalized spacial score (nSPS) is 12.3. The van der Waals surface area contributed by atoms with Crippen molar-refractivity contribution in [1.82, 2.24) is 0 Å². The third-order valence-electron chi connectivity index (χ3n) is 8.53. The lowest BCUT2D eigenvalue weighted by Gasteiger charge is -2.04. The first-order valence-corrected chi connectivity index (χ1v) is 18.7. The minimum absolute atomic E-state index is 1.26. The average molecular weight is 583 g/mol. The summed E-state index contributed by atoms with van der Waals surface area (Å²) in [5, 5.41) is 7.89. The zero-order valence-electron chi connectivity index (χ0n) is 24.1. The van der Waals surface area contributed by atoms with Gasteiger partial charge in [0.05, 0.1) is 9.40 Å². The quantitative estimate of drug-likeness (QED) is 0.101.